The van der Waals surface area contributed by atoms with E-state index in [2.05, 4.69) is 30.4 Å². The van der Waals surface area contributed by atoms with Crippen LogP contribution in [-0.4, -0.2) is 206 Å². The predicted octanol–water partition coefficient (Wildman–Crippen LogP) is 7.74. The molecule has 0 saturated carbocycles. The van der Waals surface area contributed by atoms with Crippen LogP contribution in [0.2, 0.25) is 5.02 Å². The number of thiazole rings is 2. The number of esters is 2. The number of aliphatic carboxylic acids is 2. The molecule has 24 nitrogen and oxygen atoms in total. The molecule has 12 rings (SSSR count). The number of nitrogens with zero attached hydrogens (tertiary/aromatic N) is 10. The maximum Gasteiger partial charge on any atom is 0.338 e. The van der Waals surface area contributed by atoms with Crippen molar-refractivity contribution in [2.75, 3.05) is 104 Å². The lowest BCUT2D eigenvalue weighted by atomic mass is 9.91. The second-order valence-electron chi connectivity index (χ2n) is 23.4. The van der Waals surface area contributed by atoms with E-state index in [9.17, 15) is 33.2 Å². The number of aromatic nitrogens is 2. The maximum atomic E-state index is 14.8. The second kappa shape index (κ2) is 30.2. The highest BCUT2D eigenvalue weighted by Gasteiger charge is 2.50. The minimum absolute atomic E-state index is 0.0368. The number of methoxy groups -OCH3 is 4. The Kier molecular flexibility index (Phi) is 21.4. The Morgan fingerprint density at radius 1 is 0.621 bits per heavy atom. The molecule has 4 aromatic carbocycles. The number of carbonyl (C=O) groups excluding carboxylic acids is 4. The SMILES string of the molecule is COC[C@@H]1[C@H]2CN(c3ccc(CCC(=O)O)cc3)C(=O)N2CCN1CC1=C(C(=O)OC)[C@H](c2ccc(Cl)cc2)N=C(c2nccs2)N1.COC[C@@H]1[C@H]2CN(c3ccc(CCC(=O)O)cc3)C(=O)N2CCN1CC1=C(C(=O)OC)[C@H](c2cccc(F)c2C)N=C(c2nccs2)N1. The van der Waals surface area contributed by atoms with Crippen LogP contribution in [0, 0.1) is 12.7 Å². The van der Waals surface area contributed by atoms with Gasteiger partial charge in [0, 0.05) is 130 Å². The smallest absolute Gasteiger partial charge is 0.338 e. The van der Waals surface area contributed by atoms with Gasteiger partial charge in [-0.2, -0.15) is 0 Å². The maximum absolute atomic E-state index is 14.8. The fourth-order valence-corrected chi connectivity index (χ4v) is 14.4. The van der Waals surface area contributed by atoms with Crippen LogP contribution in [-0.2, 0) is 51.0 Å². The fraction of sp³-hybridized carbons (Fsp3) is 0.373. The summed E-state index contributed by atoms with van der Waals surface area (Å²) in [6.45, 7) is 5.87. The van der Waals surface area contributed by atoms with Crippen LogP contribution in [0.4, 0.5) is 25.4 Å². The Balaban J connectivity index is 0.000000193. The molecule has 95 heavy (non-hydrogen) atoms. The number of hydrogen-bond acceptors (Lipinski definition) is 20. The van der Waals surface area contributed by atoms with E-state index in [0.717, 1.165) is 28.1 Å². The number of carboxylic acids is 2. The van der Waals surface area contributed by atoms with Crippen LogP contribution in [0.15, 0.2) is 147 Å². The summed E-state index contributed by atoms with van der Waals surface area (Å²) < 4.78 is 36.8. The number of piperazine rings is 2. The molecule has 8 heterocycles. The van der Waals surface area contributed by atoms with Gasteiger partial charge in [0.1, 0.15) is 17.9 Å². The van der Waals surface area contributed by atoms with Crippen molar-refractivity contribution < 1.29 is 62.3 Å². The van der Waals surface area contributed by atoms with Crippen molar-refractivity contribution >= 4 is 93.3 Å². The molecule has 6 aliphatic heterocycles. The zero-order valence-corrected chi connectivity index (χ0v) is 55.2. The summed E-state index contributed by atoms with van der Waals surface area (Å²) >= 11 is 9.03. The highest BCUT2D eigenvalue weighted by molar-refractivity contribution is 7.12. The number of benzene rings is 4. The summed E-state index contributed by atoms with van der Waals surface area (Å²) in [4.78, 5) is 107. The van der Waals surface area contributed by atoms with Gasteiger partial charge in [0.15, 0.2) is 21.7 Å². The number of amidine groups is 2. The Morgan fingerprint density at radius 2 is 1.07 bits per heavy atom. The van der Waals surface area contributed by atoms with Gasteiger partial charge in [-0.3, -0.25) is 39.2 Å². The van der Waals surface area contributed by atoms with E-state index in [0.29, 0.717) is 127 Å². The van der Waals surface area contributed by atoms with E-state index in [1.807, 2.05) is 81.2 Å². The van der Waals surface area contributed by atoms with Crippen molar-refractivity contribution in [2.24, 2.45) is 9.98 Å². The first-order chi connectivity index (χ1) is 46.0. The third kappa shape index (κ3) is 14.8. The number of nitrogens with one attached hydrogen (secondary N) is 2. The third-order valence-corrected chi connectivity index (χ3v) is 19.7. The highest BCUT2D eigenvalue weighted by Crippen LogP contribution is 2.39. The standard InChI is InChI=1S/C34H37FN6O6S.C33H35ClN6O6S/c1-20-23(5-4-6-24(20)35)30-29(33(44)47-3)25(37-31(38-30)32-36-13-16-48-32)17-39-14-15-40-26(27(39)19-46-2)18-41(34(40)45)22-10-7-21(8-11-22)9-12-28(42)43;1-45-19-26-25-18-40(23-10-3-20(4-11-23)5-12-27(41)42)33(44)39(25)15-14-38(26)17-24-28(32(43)46-2)29(21-6-8-22(34)9-7-21)37-30(36-24)31-35-13-16-47-31/h4-8,10-11,13,16,26-27,30H,9,12,14-15,17-19H2,1-3H3,(H,37,38)(H,42,43);3-4,6-11,13,16,25-26,29H,5,12,14-15,17-19H2,1-2H3,(H,36,37)(H,41,42)/t26-,27-,30+;25-,26-,29+/m11/s1. The van der Waals surface area contributed by atoms with Gasteiger partial charge in [-0.1, -0.05) is 60.1 Å². The first kappa shape index (κ1) is 67.5. The summed E-state index contributed by atoms with van der Waals surface area (Å²) in [5, 5.41) is 30.4. The van der Waals surface area contributed by atoms with Crippen LogP contribution < -0.4 is 20.4 Å². The molecular formula is C67H72ClFN12O12S2. The number of fused-ring (bicyclic) bond motifs is 2. The summed E-state index contributed by atoms with van der Waals surface area (Å²) in [5.74, 6) is -2.15. The predicted molar refractivity (Wildman–Crippen MR) is 355 cm³/mol. The number of ether oxygens (including phenoxy) is 4. The van der Waals surface area contributed by atoms with Gasteiger partial charge in [-0.25, -0.2) is 33.5 Å². The summed E-state index contributed by atoms with van der Waals surface area (Å²) in [5.41, 5.74) is 6.86. The van der Waals surface area contributed by atoms with E-state index in [1.165, 1.54) is 43.0 Å². The Morgan fingerprint density at radius 3 is 1.49 bits per heavy atom. The molecule has 6 atom stereocenters. The van der Waals surface area contributed by atoms with Gasteiger partial charge in [0.2, 0.25) is 0 Å². The van der Waals surface area contributed by atoms with Crippen LogP contribution >= 0.6 is 34.3 Å². The van der Waals surface area contributed by atoms with E-state index in [-0.39, 0.29) is 61.2 Å². The topological polar surface area (TPSA) is 274 Å². The molecule has 0 bridgehead atoms. The molecule has 28 heteroatoms. The quantitative estimate of drug-likeness (QED) is 0.0473. The van der Waals surface area contributed by atoms with Crippen LogP contribution in [0.5, 0.6) is 0 Å². The van der Waals surface area contributed by atoms with E-state index < -0.39 is 41.8 Å². The molecule has 0 aliphatic carbocycles. The highest BCUT2D eigenvalue weighted by atomic mass is 35.5. The van der Waals surface area contributed by atoms with Crippen LogP contribution in [0.25, 0.3) is 0 Å². The Hall–Kier alpha value is -8.96. The number of urea groups is 2. The lowest BCUT2D eigenvalue weighted by Crippen LogP contribution is -2.61. The molecule has 4 saturated heterocycles. The normalized spacial score (nSPS) is 21.3. The first-order valence-corrected chi connectivity index (χ1v) is 33.0. The van der Waals surface area contributed by atoms with Gasteiger partial charge in [0.05, 0.1) is 62.7 Å². The van der Waals surface area contributed by atoms with Crippen molar-refractivity contribution in [1.82, 2.24) is 40.2 Å². The van der Waals surface area contributed by atoms with Crippen molar-refractivity contribution in [1.29, 1.82) is 0 Å². The van der Waals surface area contributed by atoms with E-state index in [1.54, 1.807) is 67.6 Å². The van der Waals surface area contributed by atoms with E-state index >= 15 is 0 Å². The van der Waals surface area contributed by atoms with Crippen molar-refractivity contribution in [3.8, 4) is 0 Å². The van der Waals surface area contributed by atoms with Crippen LogP contribution in [0.1, 0.15) is 62.8 Å². The summed E-state index contributed by atoms with van der Waals surface area (Å²) in [7, 11) is 5.93. The monoisotopic (exact) mass is 1350 g/mol. The molecule has 6 aliphatic rings. The van der Waals surface area contributed by atoms with Gasteiger partial charge in [0.25, 0.3) is 0 Å². The Labute approximate surface area is 560 Å². The van der Waals surface area contributed by atoms with Crippen LogP contribution in [0.3, 0.4) is 0 Å². The molecule has 0 spiro atoms. The lowest BCUT2D eigenvalue weighted by molar-refractivity contribution is -0.138. The number of carbonyl (C=O) groups is 6. The average molecular weight is 1360 g/mol. The summed E-state index contributed by atoms with van der Waals surface area (Å²) in [6.07, 6.45) is 4.30. The number of anilines is 2. The molecule has 4 fully saturated rings. The fourth-order valence-electron chi connectivity index (χ4n) is 13.1. The largest absolute Gasteiger partial charge is 0.481 e. The van der Waals surface area contributed by atoms with Crippen molar-refractivity contribution in [3.63, 3.8) is 0 Å². The number of amides is 4. The number of halogens is 2. The van der Waals surface area contributed by atoms with Gasteiger partial charge >= 0.3 is 35.9 Å². The molecule has 4 N–H and O–H groups in total. The third-order valence-electron chi connectivity index (χ3n) is 17.8. The lowest BCUT2D eigenvalue weighted by Gasteiger charge is -2.44. The number of aryl methyl sites for hydroxylation is 2. The number of carboxylic acid groups (broad SMARTS) is 2. The molecule has 2 aromatic heterocycles. The zero-order chi connectivity index (χ0) is 67.0. The average Bonchev–Trinajstić information content (AvgIpc) is 1.77. The van der Waals surface area contributed by atoms with Crippen molar-refractivity contribution in [2.45, 2.75) is 68.9 Å². The summed E-state index contributed by atoms with van der Waals surface area (Å²) in [6, 6.07) is 24.4. The zero-order valence-electron chi connectivity index (χ0n) is 52.9. The second-order valence-corrected chi connectivity index (χ2v) is 25.6. The Bertz CT molecular complexity index is 3930. The molecule has 4 amide bonds. The minimum Gasteiger partial charge on any atom is -0.481 e. The number of hydrogen-bond donors (Lipinski definition) is 4. The molecule has 0 unspecified atom stereocenters. The number of aliphatic imine (C=N–C) groups is 2. The van der Waals surface area contributed by atoms with Gasteiger partial charge in [-0.15, -0.1) is 22.7 Å². The van der Waals surface area contributed by atoms with Gasteiger partial charge in [-0.05, 0) is 90.0 Å². The van der Waals surface area contributed by atoms with Crippen molar-refractivity contribution in [3.05, 3.63) is 185 Å². The first-order valence-electron chi connectivity index (χ1n) is 30.8. The van der Waals surface area contributed by atoms with E-state index in [4.69, 9.17) is 50.7 Å². The molecule has 498 valence electrons. The number of rotatable bonds is 22. The molecular weight excluding hydrogens is 1280 g/mol. The minimum atomic E-state index is -0.858. The molecule has 0 radical (unpaired) electrons. The van der Waals surface area contributed by atoms with Gasteiger partial charge < -0.3 is 49.6 Å². The molecule has 6 aromatic rings.